The van der Waals surface area contributed by atoms with Crippen LogP contribution in [0.4, 0.5) is 14.9 Å². The average Bonchev–Trinajstić information content (AvgIpc) is 2.55. The van der Waals surface area contributed by atoms with Gasteiger partial charge in [0.1, 0.15) is 0 Å². The number of rotatable bonds is 6. The number of nitrogens with one attached hydrogen (secondary N) is 2. The zero-order valence-electron chi connectivity index (χ0n) is 12.8. The molecule has 0 aliphatic heterocycles. The van der Waals surface area contributed by atoms with Gasteiger partial charge in [0.05, 0.1) is 13.2 Å². The Morgan fingerprint density at radius 1 is 1.26 bits per heavy atom. The van der Waals surface area contributed by atoms with Crippen LogP contribution >= 0.6 is 0 Å². The fraction of sp³-hybridized carbons (Fsp3) is 0.235. The summed E-state index contributed by atoms with van der Waals surface area (Å²) in [5.41, 5.74) is 1.12. The van der Waals surface area contributed by atoms with Crippen LogP contribution in [-0.4, -0.2) is 24.8 Å². The summed E-state index contributed by atoms with van der Waals surface area (Å²) in [5.74, 6) is -0.438. The summed E-state index contributed by atoms with van der Waals surface area (Å²) in [6.07, 6.45) is -0.260. The number of carbonyl (C=O) groups excluding carboxylic acids is 1. The molecule has 0 bridgehead atoms. The monoisotopic (exact) mass is 318 g/mol. The zero-order chi connectivity index (χ0) is 16.7. The van der Waals surface area contributed by atoms with E-state index in [9.17, 15) is 14.3 Å². The smallest absolute Gasteiger partial charge is 0.319 e. The molecule has 6 heteroatoms. The Hall–Kier alpha value is -2.60. The Morgan fingerprint density at radius 3 is 2.65 bits per heavy atom. The topological polar surface area (TPSA) is 70.6 Å². The summed E-state index contributed by atoms with van der Waals surface area (Å²) < 4.78 is 18.3. The minimum absolute atomic E-state index is 0.113. The van der Waals surface area contributed by atoms with Gasteiger partial charge in [0.15, 0.2) is 11.6 Å². The van der Waals surface area contributed by atoms with Crippen molar-refractivity contribution in [2.75, 3.05) is 19.0 Å². The number of aliphatic hydroxyl groups excluding tert-OH is 1. The maximum Gasteiger partial charge on any atom is 0.319 e. The van der Waals surface area contributed by atoms with Crippen molar-refractivity contribution in [2.45, 2.75) is 12.5 Å². The van der Waals surface area contributed by atoms with Gasteiger partial charge in [-0.1, -0.05) is 30.3 Å². The number of halogens is 1. The Balaban J connectivity index is 1.78. The van der Waals surface area contributed by atoms with Gasteiger partial charge in [0.25, 0.3) is 0 Å². The Bertz CT molecular complexity index is 650. The third-order valence-electron chi connectivity index (χ3n) is 3.30. The highest BCUT2D eigenvalue weighted by molar-refractivity contribution is 5.89. The van der Waals surface area contributed by atoms with Gasteiger partial charge in [-0.25, -0.2) is 9.18 Å². The van der Waals surface area contributed by atoms with E-state index < -0.39 is 18.0 Å². The first-order valence-electron chi connectivity index (χ1n) is 7.21. The lowest BCUT2D eigenvalue weighted by atomic mass is 10.1. The molecule has 0 aliphatic carbocycles. The predicted octanol–water partition coefficient (Wildman–Crippen LogP) is 3.08. The SMILES string of the molecule is COc1ccc(NC(=O)NCC[C@@H](O)c2ccccc2)cc1F. The van der Waals surface area contributed by atoms with Crippen molar-refractivity contribution in [3.8, 4) is 5.75 Å². The molecule has 0 saturated heterocycles. The van der Waals surface area contributed by atoms with E-state index in [0.717, 1.165) is 5.56 Å². The molecule has 1 atom stereocenters. The third-order valence-corrected chi connectivity index (χ3v) is 3.30. The number of hydrogen-bond donors (Lipinski definition) is 3. The van der Waals surface area contributed by atoms with Crippen LogP contribution in [0.1, 0.15) is 18.1 Å². The van der Waals surface area contributed by atoms with Gasteiger partial charge in [-0.05, 0) is 24.1 Å². The van der Waals surface area contributed by atoms with Crippen molar-refractivity contribution in [2.24, 2.45) is 0 Å². The van der Waals surface area contributed by atoms with Crippen LogP contribution in [0.5, 0.6) is 5.75 Å². The molecule has 0 radical (unpaired) electrons. The predicted molar refractivity (Wildman–Crippen MR) is 86.0 cm³/mol. The lowest BCUT2D eigenvalue weighted by molar-refractivity contribution is 0.167. The summed E-state index contributed by atoms with van der Waals surface area (Å²) in [4.78, 5) is 11.7. The maximum atomic E-state index is 13.5. The summed E-state index contributed by atoms with van der Waals surface area (Å²) in [5, 5.41) is 15.1. The highest BCUT2D eigenvalue weighted by Gasteiger charge is 2.09. The number of benzene rings is 2. The van der Waals surface area contributed by atoms with E-state index in [2.05, 4.69) is 10.6 Å². The number of methoxy groups -OCH3 is 1. The molecule has 2 rings (SSSR count). The van der Waals surface area contributed by atoms with Crippen LogP contribution in [0, 0.1) is 5.82 Å². The molecule has 2 aromatic carbocycles. The first-order chi connectivity index (χ1) is 11.1. The Morgan fingerprint density at radius 2 is 2.00 bits per heavy atom. The molecule has 0 fully saturated rings. The second-order valence-corrected chi connectivity index (χ2v) is 4.95. The highest BCUT2D eigenvalue weighted by Crippen LogP contribution is 2.20. The number of hydrogen-bond acceptors (Lipinski definition) is 3. The number of anilines is 1. The van der Waals surface area contributed by atoms with Gasteiger partial charge in [0.2, 0.25) is 0 Å². The van der Waals surface area contributed by atoms with Crippen molar-refractivity contribution in [3.05, 3.63) is 59.9 Å². The van der Waals surface area contributed by atoms with Crippen molar-refractivity contribution >= 4 is 11.7 Å². The number of urea groups is 1. The van der Waals surface area contributed by atoms with Crippen LogP contribution < -0.4 is 15.4 Å². The molecule has 2 aromatic rings. The molecular formula is C17H19FN2O3. The summed E-state index contributed by atoms with van der Waals surface area (Å²) in [6, 6.07) is 12.9. The summed E-state index contributed by atoms with van der Waals surface area (Å²) >= 11 is 0. The number of aliphatic hydroxyl groups is 1. The number of carbonyl (C=O) groups is 1. The average molecular weight is 318 g/mol. The quantitative estimate of drug-likeness (QED) is 0.766. The first-order valence-corrected chi connectivity index (χ1v) is 7.21. The van der Waals surface area contributed by atoms with E-state index in [4.69, 9.17) is 4.74 Å². The fourth-order valence-electron chi connectivity index (χ4n) is 2.08. The normalized spacial score (nSPS) is 11.6. The maximum absolute atomic E-state index is 13.5. The summed E-state index contributed by atoms with van der Waals surface area (Å²) in [6.45, 7) is 0.292. The molecule has 23 heavy (non-hydrogen) atoms. The van der Waals surface area contributed by atoms with E-state index in [-0.39, 0.29) is 5.75 Å². The summed E-state index contributed by atoms with van der Waals surface area (Å²) in [7, 11) is 1.37. The number of ether oxygens (including phenoxy) is 1. The molecule has 0 unspecified atom stereocenters. The second-order valence-electron chi connectivity index (χ2n) is 4.95. The van der Waals surface area contributed by atoms with Gasteiger partial charge in [-0.3, -0.25) is 0 Å². The van der Waals surface area contributed by atoms with Crippen LogP contribution in [0.25, 0.3) is 0 Å². The largest absolute Gasteiger partial charge is 0.494 e. The molecule has 0 aromatic heterocycles. The molecule has 0 saturated carbocycles. The van der Waals surface area contributed by atoms with Crippen LogP contribution in [0.2, 0.25) is 0 Å². The van der Waals surface area contributed by atoms with Gasteiger partial charge in [0, 0.05) is 18.3 Å². The van der Waals surface area contributed by atoms with E-state index in [1.54, 1.807) is 6.07 Å². The Labute approximate surface area is 134 Å². The van der Waals surface area contributed by atoms with Crippen molar-refractivity contribution in [3.63, 3.8) is 0 Å². The fourth-order valence-corrected chi connectivity index (χ4v) is 2.08. The molecule has 2 amide bonds. The highest BCUT2D eigenvalue weighted by atomic mass is 19.1. The van der Waals surface area contributed by atoms with Crippen molar-refractivity contribution < 1.29 is 19.0 Å². The third kappa shape index (κ3) is 4.96. The van der Waals surface area contributed by atoms with Crippen LogP contribution in [0.15, 0.2) is 48.5 Å². The van der Waals surface area contributed by atoms with E-state index in [0.29, 0.717) is 18.7 Å². The molecule has 122 valence electrons. The first kappa shape index (κ1) is 16.8. The Kier molecular flexibility index (Phi) is 5.94. The van der Waals surface area contributed by atoms with Gasteiger partial charge >= 0.3 is 6.03 Å². The minimum atomic E-state index is -0.644. The van der Waals surface area contributed by atoms with E-state index >= 15 is 0 Å². The molecular weight excluding hydrogens is 299 g/mol. The van der Waals surface area contributed by atoms with Crippen LogP contribution in [0.3, 0.4) is 0 Å². The van der Waals surface area contributed by atoms with E-state index in [1.807, 2.05) is 30.3 Å². The molecule has 0 heterocycles. The zero-order valence-corrected chi connectivity index (χ0v) is 12.8. The number of amides is 2. The van der Waals surface area contributed by atoms with Crippen molar-refractivity contribution in [1.82, 2.24) is 5.32 Å². The minimum Gasteiger partial charge on any atom is -0.494 e. The second kappa shape index (κ2) is 8.14. The van der Waals surface area contributed by atoms with Crippen molar-refractivity contribution in [1.29, 1.82) is 0 Å². The van der Waals surface area contributed by atoms with Gasteiger partial charge < -0.3 is 20.5 Å². The molecule has 5 nitrogen and oxygen atoms in total. The molecule has 0 spiro atoms. The molecule has 0 aliphatic rings. The van der Waals surface area contributed by atoms with Gasteiger partial charge in [-0.15, -0.1) is 0 Å². The van der Waals surface area contributed by atoms with E-state index in [1.165, 1.54) is 19.2 Å². The molecule has 3 N–H and O–H groups in total. The lowest BCUT2D eigenvalue weighted by Gasteiger charge is -2.12. The van der Waals surface area contributed by atoms with Gasteiger partial charge in [-0.2, -0.15) is 0 Å². The standard InChI is InChI=1S/C17H19FN2O3/c1-23-16-8-7-13(11-14(16)18)20-17(22)19-10-9-15(21)12-5-3-2-4-6-12/h2-8,11,15,21H,9-10H2,1H3,(H2,19,20,22)/t15-/m1/s1. The lowest BCUT2D eigenvalue weighted by Crippen LogP contribution is -2.30. The van der Waals surface area contributed by atoms with Crippen LogP contribution in [-0.2, 0) is 0 Å².